The molecule has 0 fully saturated rings. The van der Waals surface area contributed by atoms with E-state index in [0.29, 0.717) is 6.42 Å². The first-order valence-corrected chi connectivity index (χ1v) is 7.88. The molecule has 0 bridgehead atoms. The number of primary amides is 1. The fourth-order valence-corrected chi connectivity index (χ4v) is 1.92. The number of carboxylic acid groups (broad SMARTS) is 1. The molecule has 9 heteroatoms. The summed E-state index contributed by atoms with van der Waals surface area (Å²) in [4.78, 5) is 46.7. The van der Waals surface area contributed by atoms with Crippen LogP contribution in [0.5, 0.6) is 0 Å². The van der Waals surface area contributed by atoms with Crippen molar-refractivity contribution in [2.24, 2.45) is 23.3 Å². The van der Waals surface area contributed by atoms with Crippen molar-refractivity contribution in [2.45, 2.75) is 58.7 Å². The third kappa shape index (κ3) is 6.95. The van der Waals surface area contributed by atoms with E-state index in [2.05, 4.69) is 10.6 Å². The lowest BCUT2D eigenvalue weighted by Crippen LogP contribution is -2.57. The predicted molar refractivity (Wildman–Crippen MR) is 87.6 cm³/mol. The van der Waals surface area contributed by atoms with Crippen LogP contribution in [0.2, 0.25) is 0 Å². The lowest BCUT2D eigenvalue weighted by molar-refractivity contribution is -0.143. The Morgan fingerprint density at radius 2 is 1.58 bits per heavy atom. The van der Waals surface area contributed by atoms with Crippen LogP contribution < -0.4 is 22.1 Å². The van der Waals surface area contributed by atoms with Crippen LogP contribution in [0.4, 0.5) is 0 Å². The lowest BCUT2D eigenvalue weighted by Gasteiger charge is -2.25. The van der Waals surface area contributed by atoms with E-state index in [1.54, 1.807) is 27.7 Å². The molecule has 0 saturated heterocycles. The molecule has 138 valence electrons. The van der Waals surface area contributed by atoms with Crippen LogP contribution in [0.25, 0.3) is 0 Å². The van der Waals surface area contributed by atoms with Gasteiger partial charge >= 0.3 is 5.97 Å². The molecule has 7 N–H and O–H groups in total. The van der Waals surface area contributed by atoms with Crippen LogP contribution in [0, 0.1) is 11.8 Å². The highest BCUT2D eigenvalue weighted by atomic mass is 16.4. The van der Waals surface area contributed by atoms with Crippen molar-refractivity contribution in [3.8, 4) is 0 Å². The van der Waals surface area contributed by atoms with Gasteiger partial charge in [-0.2, -0.15) is 0 Å². The van der Waals surface area contributed by atoms with Gasteiger partial charge in [-0.1, -0.05) is 34.1 Å². The second-order valence-corrected chi connectivity index (χ2v) is 6.21. The van der Waals surface area contributed by atoms with Gasteiger partial charge in [-0.15, -0.1) is 0 Å². The van der Waals surface area contributed by atoms with E-state index in [9.17, 15) is 24.3 Å². The van der Waals surface area contributed by atoms with Crippen molar-refractivity contribution < 1.29 is 24.3 Å². The third-order valence-corrected chi connectivity index (χ3v) is 3.84. The first-order valence-electron chi connectivity index (χ1n) is 7.88. The van der Waals surface area contributed by atoms with Gasteiger partial charge < -0.3 is 27.2 Å². The smallest absolute Gasteiger partial charge is 0.326 e. The Hall–Kier alpha value is -2.16. The summed E-state index contributed by atoms with van der Waals surface area (Å²) in [6, 6.07) is -3.27. The van der Waals surface area contributed by atoms with E-state index in [-0.39, 0.29) is 11.8 Å². The second-order valence-electron chi connectivity index (χ2n) is 6.21. The highest BCUT2D eigenvalue weighted by Crippen LogP contribution is 2.09. The predicted octanol–water partition coefficient (Wildman–Crippen LogP) is -1.05. The maximum atomic E-state index is 12.3. The monoisotopic (exact) mass is 344 g/mol. The number of aliphatic carboxylic acids is 1. The molecule has 9 nitrogen and oxygen atoms in total. The zero-order valence-electron chi connectivity index (χ0n) is 14.5. The maximum absolute atomic E-state index is 12.3. The minimum absolute atomic E-state index is 0.172. The largest absolute Gasteiger partial charge is 0.480 e. The van der Waals surface area contributed by atoms with Crippen LogP contribution in [-0.2, 0) is 19.2 Å². The molecule has 0 aromatic carbocycles. The number of nitrogens with two attached hydrogens (primary N) is 2. The maximum Gasteiger partial charge on any atom is 0.326 e. The van der Waals surface area contributed by atoms with E-state index >= 15 is 0 Å². The molecule has 0 aliphatic carbocycles. The molecular formula is C15H28N4O5. The number of carbonyl (C=O) groups excluding carboxylic acids is 3. The summed E-state index contributed by atoms with van der Waals surface area (Å²) in [5.74, 6) is -3.89. The summed E-state index contributed by atoms with van der Waals surface area (Å²) in [5.41, 5.74) is 10.8. The quantitative estimate of drug-likeness (QED) is 0.339. The fraction of sp³-hybridized carbons (Fsp3) is 0.733. The Labute approximate surface area is 141 Å². The number of hydrogen-bond donors (Lipinski definition) is 5. The van der Waals surface area contributed by atoms with Crippen LogP contribution in [-0.4, -0.2) is 46.9 Å². The number of nitrogens with one attached hydrogen (secondary N) is 2. The first-order chi connectivity index (χ1) is 11.0. The minimum atomic E-state index is -1.27. The molecular weight excluding hydrogens is 316 g/mol. The minimum Gasteiger partial charge on any atom is -0.480 e. The standard InChI is InChI=1S/C15H28N4O5/c1-5-8(4)12(15(23)24)19-13(21)9(6-10(16)20)18-14(22)11(17)7(2)3/h7-9,11-12H,5-6,17H2,1-4H3,(H2,16,20)(H,18,22)(H,19,21)(H,23,24)/t8-,9-,11-,12-/m0/s1. The Morgan fingerprint density at radius 3 is 1.96 bits per heavy atom. The Balaban J connectivity index is 5.15. The van der Waals surface area contributed by atoms with E-state index in [1.807, 2.05) is 0 Å². The molecule has 0 rings (SSSR count). The molecule has 0 unspecified atom stereocenters. The van der Waals surface area contributed by atoms with Gasteiger partial charge in [0.15, 0.2) is 0 Å². The van der Waals surface area contributed by atoms with Gasteiger partial charge in [0.05, 0.1) is 12.5 Å². The number of amides is 3. The zero-order chi connectivity index (χ0) is 19.0. The normalized spacial score (nSPS) is 15.9. The van der Waals surface area contributed by atoms with Crippen LogP contribution in [0.3, 0.4) is 0 Å². The number of carbonyl (C=O) groups is 4. The van der Waals surface area contributed by atoms with Crippen LogP contribution in [0.1, 0.15) is 40.5 Å². The van der Waals surface area contributed by atoms with E-state index < -0.39 is 48.2 Å². The molecule has 0 spiro atoms. The number of rotatable bonds is 10. The summed E-state index contributed by atoms with van der Waals surface area (Å²) in [5, 5.41) is 13.9. The van der Waals surface area contributed by atoms with Gasteiger partial charge in [-0.25, -0.2) is 4.79 Å². The van der Waals surface area contributed by atoms with E-state index in [0.717, 1.165) is 0 Å². The second kappa shape index (κ2) is 9.86. The summed E-state index contributed by atoms with van der Waals surface area (Å²) in [6.07, 6.45) is 0.0809. The molecule has 0 aromatic heterocycles. The van der Waals surface area contributed by atoms with Gasteiger partial charge in [0.2, 0.25) is 17.7 Å². The van der Waals surface area contributed by atoms with Gasteiger partial charge in [0.25, 0.3) is 0 Å². The summed E-state index contributed by atoms with van der Waals surface area (Å²) in [7, 11) is 0. The Kier molecular flexibility index (Phi) is 8.97. The summed E-state index contributed by atoms with van der Waals surface area (Å²) in [6.45, 7) is 6.93. The fourth-order valence-electron chi connectivity index (χ4n) is 1.92. The molecule has 4 atom stereocenters. The van der Waals surface area contributed by atoms with Crippen molar-refractivity contribution in [3.05, 3.63) is 0 Å². The van der Waals surface area contributed by atoms with Crippen LogP contribution >= 0.6 is 0 Å². The lowest BCUT2D eigenvalue weighted by atomic mass is 9.98. The first kappa shape index (κ1) is 21.8. The highest BCUT2D eigenvalue weighted by molar-refractivity contribution is 5.94. The molecule has 3 amide bonds. The zero-order valence-corrected chi connectivity index (χ0v) is 14.5. The van der Waals surface area contributed by atoms with Gasteiger partial charge in [-0.05, 0) is 11.8 Å². The molecule has 0 heterocycles. The van der Waals surface area contributed by atoms with Crippen molar-refractivity contribution in [3.63, 3.8) is 0 Å². The molecule has 0 aliphatic heterocycles. The SMILES string of the molecule is CC[C@H](C)[C@H](NC(=O)[C@H](CC(N)=O)NC(=O)[C@@H](N)C(C)C)C(=O)O. The highest BCUT2D eigenvalue weighted by Gasteiger charge is 2.31. The van der Waals surface area contributed by atoms with Gasteiger partial charge in [0, 0.05) is 0 Å². The van der Waals surface area contributed by atoms with Gasteiger partial charge in [-0.3, -0.25) is 14.4 Å². The molecule has 0 aromatic rings. The average Bonchev–Trinajstić information content (AvgIpc) is 2.48. The average molecular weight is 344 g/mol. The molecule has 0 aliphatic rings. The number of hydrogen-bond acceptors (Lipinski definition) is 5. The van der Waals surface area contributed by atoms with Crippen molar-refractivity contribution in [1.29, 1.82) is 0 Å². The molecule has 0 radical (unpaired) electrons. The van der Waals surface area contributed by atoms with E-state index in [1.165, 1.54) is 0 Å². The number of carboxylic acids is 1. The molecule has 24 heavy (non-hydrogen) atoms. The van der Waals surface area contributed by atoms with Crippen LogP contribution in [0.15, 0.2) is 0 Å². The topological polar surface area (TPSA) is 165 Å². The van der Waals surface area contributed by atoms with Crippen molar-refractivity contribution >= 4 is 23.7 Å². The van der Waals surface area contributed by atoms with E-state index in [4.69, 9.17) is 11.5 Å². The van der Waals surface area contributed by atoms with Crippen molar-refractivity contribution in [2.75, 3.05) is 0 Å². The Bertz CT molecular complexity index is 480. The third-order valence-electron chi connectivity index (χ3n) is 3.84. The molecule has 0 saturated carbocycles. The summed E-state index contributed by atoms with van der Waals surface area (Å²) >= 11 is 0. The summed E-state index contributed by atoms with van der Waals surface area (Å²) < 4.78 is 0. The Morgan fingerprint density at radius 1 is 1.04 bits per heavy atom. The van der Waals surface area contributed by atoms with Crippen molar-refractivity contribution in [1.82, 2.24) is 10.6 Å². The van der Waals surface area contributed by atoms with Gasteiger partial charge in [0.1, 0.15) is 12.1 Å².